The number of ether oxygens (including phenoxy) is 2. The Morgan fingerprint density at radius 1 is 1.17 bits per heavy atom. The lowest BCUT2D eigenvalue weighted by Crippen LogP contribution is -2.33. The van der Waals surface area contributed by atoms with E-state index in [-0.39, 0.29) is 12.0 Å². The lowest BCUT2D eigenvalue weighted by Gasteiger charge is -2.22. The number of nitrogens with zero attached hydrogens (tertiary/aromatic N) is 2. The predicted molar refractivity (Wildman–Crippen MR) is 118 cm³/mol. The first kappa shape index (κ1) is 20.9. The van der Waals surface area contributed by atoms with Gasteiger partial charge < -0.3 is 14.4 Å². The molecule has 0 N–H and O–H groups in total. The molecule has 2 fully saturated rings. The Bertz CT molecular complexity index is 820. The van der Waals surface area contributed by atoms with Crippen molar-refractivity contribution in [1.29, 1.82) is 0 Å². The molecule has 2 aromatic carbocycles. The molecule has 2 saturated heterocycles. The zero-order chi connectivity index (χ0) is 20.8. The molecule has 0 aliphatic carbocycles. The van der Waals surface area contributed by atoms with Gasteiger partial charge in [0.25, 0.3) is 5.91 Å². The number of rotatable bonds is 8. The van der Waals surface area contributed by atoms with Crippen molar-refractivity contribution < 1.29 is 14.3 Å². The normalized spacial score (nSPS) is 21.6. The van der Waals surface area contributed by atoms with Crippen molar-refractivity contribution in [1.82, 2.24) is 9.80 Å². The Hall–Kier alpha value is -2.37. The van der Waals surface area contributed by atoms with E-state index in [9.17, 15) is 4.79 Å². The monoisotopic (exact) mass is 408 g/mol. The van der Waals surface area contributed by atoms with Gasteiger partial charge in [0.15, 0.2) is 0 Å². The van der Waals surface area contributed by atoms with E-state index in [1.165, 1.54) is 5.56 Å². The van der Waals surface area contributed by atoms with Gasteiger partial charge in [-0.05, 0) is 55.5 Å². The SMILES string of the molecule is CN(C[C@H]1CCN(Cc2ccccc2)C1)C(=O)c1cccc(OC[C@H]2CCCO2)c1. The molecule has 0 radical (unpaired) electrons. The zero-order valence-electron chi connectivity index (χ0n) is 17.8. The van der Waals surface area contributed by atoms with Gasteiger partial charge in [-0.3, -0.25) is 9.69 Å². The lowest BCUT2D eigenvalue weighted by atomic mass is 10.1. The summed E-state index contributed by atoms with van der Waals surface area (Å²) < 4.78 is 11.5. The predicted octanol–water partition coefficient (Wildman–Crippen LogP) is 3.84. The van der Waals surface area contributed by atoms with Gasteiger partial charge in [-0.2, -0.15) is 0 Å². The first-order valence-corrected chi connectivity index (χ1v) is 11.0. The maximum atomic E-state index is 12.9. The summed E-state index contributed by atoms with van der Waals surface area (Å²) in [5, 5.41) is 0. The minimum Gasteiger partial charge on any atom is -0.491 e. The largest absolute Gasteiger partial charge is 0.491 e. The van der Waals surface area contributed by atoms with Crippen molar-refractivity contribution in [2.45, 2.75) is 31.9 Å². The van der Waals surface area contributed by atoms with Crippen molar-refractivity contribution in [2.75, 3.05) is 39.9 Å². The molecule has 0 unspecified atom stereocenters. The van der Waals surface area contributed by atoms with E-state index in [1.807, 2.05) is 36.2 Å². The Labute approximate surface area is 179 Å². The molecule has 160 valence electrons. The van der Waals surface area contributed by atoms with Crippen molar-refractivity contribution in [3.63, 3.8) is 0 Å². The van der Waals surface area contributed by atoms with E-state index in [2.05, 4.69) is 35.2 Å². The first-order chi connectivity index (χ1) is 14.7. The summed E-state index contributed by atoms with van der Waals surface area (Å²) in [4.78, 5) is 17.3. The average molecular weight is 409 g/mol. The van der Waals surface area contributed by atoms with Gasteiger partial charge in [-0.15, -0.1) is 0 Å². The number of carbonyl (C=O) groups is 1. The van der Waals surface area contributed by atoms with Crippen LogP contribution in [0.25, 0.3) is 0 Å². The van der Waals surface area contributed by atoms with Gasteiger partial charge in [0.05, 0.1) is 6.10 Å². The van der Waals surface area contributed by atoms with Crippen LogP contribution in [0.2, 0.25) is 0 Å². The number of likely N-dealkylation sites (tertiary alicyclic amines) is 1. The van der Waals surface area contributed by atoms with E-state index in [4.69, 9.17) is 9.47 Å². The Kier molecular flexibility index (Phi) is 7.03. The number of hydrogen-bond acceptors (Lipinski definition) is 4. The fraction of sp³-hybridized carbons (Fsp3) is 0.480. The number of amides is 1. The van der Waals surface area contributed by atoms with Gasteiger partial charge >= 0.3 is 0 Å². The molecule has 4 rings (SSSR count). The fourth-order valence-electron chi connectivity index (χ4n) is 4.42. The summed E-state index contributed by atoms with van der Waals surface area (Å²) in [6, 6.07) is 18.1. The van der Waals surface area contributed by atoms with E-state index in [1.54, 1.807) is 0 Å². The molecule has 5 heteroatoms. The van der Waals surface area contributed by atoms with Crippen LogP contribution in [0.1, 0.15) is 35.2 Å². The molecule has 2 heterocycles. The van der Waals surface area contributed by atoms with Gasteiger partial charge in [0.1, 0.15) is 12.4 Å². The van der Waals surface area contributed by atoms with E-state index < -0.39 is 0 Å². The van der Waals surface area contributed by atoms with Crippen LogP contribution in [0.4, 0.5) is 0 Å². The van der Waals surface area contributed by atoms with Crippen LogP contribution in [-0.2, 0) is 11.3 Å². The summed E-state index contributed by atoms with van der Waals surface area (Å²) >= 11 is 0. The van der Waals surface area contributed by atoms with Crippen LogP contribution >= 0.6 is 0 Å². The molecule has 0 bridgehead atoms. The first-order valence-electron chi connectivity index (χ1n) is 11.0. The molecular weight excluding hydrogens is 376 g/mol. The Morgan fingerprint density at radius 2 is 2.03 bits per heavy atom. The highest BCUT2D eigenvalue weighted by Gasteiger charge is 2.25. The molecule has 2 aromatic rings. The zero-order valence-corrected chi connectivity index (χ0v) is 17.8. The number of hydrogen-bond donors (Lipinski definition) is 0. The van der Waals surface area contributed by atoms with E-state index in [0.717, 1.165) is 57.8 Å². The standard InChI is InChI=1S/C25H32N2O3/c1-26(16-21-12-13-27(18-21)17-20-7-3-2-4-8-20)25(28)22-9-5-10-23(15-22)30-19-24-11-6-14-29-24/h2-5,7-10,15,21,24H,6,11-14,16-19H2,1H3/t21-,24-/m1/s1. The third-order valence-electron chi connectivity index (χ3n) is 6.04. The van der Waals surface area contributed by atoms with Crippen LogP contribution in [0.15, 0.2) is 54.6 Å². The lowest BCUT2D eigenvalue weighted by molar-refractivity contribution is 0.0678. The molecule has 0 aromatic heterocycles. The Balaban J connectivity index is 1.26. The molecule has 5 nitrogen and oxygen atoms in total. The maximum Gasteiger partial charge on any atom is 0.253 e. The molecule has 30 heavy (non-hydrogen) atoms. The van der Waals surface area contributed by atoms with Crippen LogP contribution in [-0.4, -0.2) is 61.7 Å². The van der Waals surface area contributed by atoms with E-state index >= 15 is 0 Å². The van der Waals surface area contributed by atoms with Crippen molar-refractivity contribution in [2.24, 2.45) is 5.92 Å². The van der Waals surface area contributed by atoms with Gasteiger partial charge in [-0.1, -0.05) is 36.4 Å². The van der Waals surface area contributed by atoms with Gasteiger partial charge in [-0.25, -0.2) is 0 Å². The summed E-state index contributed by atoms with van der Waals surface area (Å²) in [5.41, 5.74) is 2.03. The van der Waals surface area contributed by atoms with Crippen molar-refractivity contribution >= 4 is 5.91 Å². The number of carbonyl (C=O) groups excluding carboxylic acids is 1. The van der Waals surface area contributed by atoms with Crippen LogP contribution in [0, 0.1) is 5.92 Å². The topological polar surface area (TPSA) is 42.0 Å². The third kappa shape index (κ3) is 5.61. The second kappa shape index (κ2) is 10.1. The Morgan fingerprint density at radius 3 is 2.83 bits per heavy atom. The number of benzene rings is 2. The maximum absolute atomic E-state index is 12.9. The van der Waals surface area contributed by atoms with Gasteiger partial charge in [0.2, 0.25) is 0 Å². The van der Waals surface area contributed by atoms with E-state index in [0.29, 0.717) is 18.1 Å². The molecule has 0 saturated carbocycles. The minimum absolute atomic E-state index is 0.0547. The summed E-state index contributed by atoms with van der Waals surface area (Å²) in [5.74, 6) is 1.31. The molecule has 0 spiro atoms. The van der Waals surface area contributed by atoms with Crippen LogP contribution in [0.5, 0.6) is 5.75 Å². The molecule has 1 amide bonds. The molecule has 2 aliphatic heterocycles. The minimum atomic E-state index is 0.0547. The molecular formula is C25H32N2O3. The quantitative estimate of drug-likeness (QED) is 0.666. The molecule has 2 atom stereocenters. The second-order valence-corrected chi connectivity index (χ2v) is 8.53. The van der Waals surface area contributed by atoms with Crippen molar-refractivity contribution in [3.8, 4) is 5.75 Å². The smallest absolute Gasteiger partial charge is 0.253 e. The highest BCUT2D eigenvalue weighted by molar-refractivity contribution is 5.94. The summed E-state index contributed by atoms with van der Waals surface area (Å²) in [6.07, 6.45) is 3.45. The average Bonchev–Trinajstić information content (AvgIpc) is 3.45. The summed E-state index contributed by atoms with van der Waals surface area (Å²) in [6.45, 7) is 5.27. The summed E-state index contributed by atoms with van der Waals surface area (Å²) in [7, 11) is 1.90. The van der Waals surface area contributed by atoms with Crippen molar-refractivity contribution in [3.05, 3.63) is 65.7 Å². The second-order valence-electron chi connectivity index (χ2n) is 8.53. The van der Waals surface area contributed by atoms with Crippen LogP contribution < -0.4 is 4.74 Å². The van der Waals surface area contributed by atoms with Crippen LogP contribution in [0.3, 0.4) is 0 Å². The highest BCUT2D eigenvalue weighted by Crippen LogP contribution is 2.21. The highest BCUT2D eigenvalue weighted by atomic mass is 16.5. The molecule has 2 aliphatic rings. The van der Waals surface area contributed by atoms with Gasteiger partial charge in [0, 0.05) is 38.9 Å². The third-order valence-corrected chi connectivity index (χ3v) is 6.04. The fourth-order valence-corrected chi connectivity index (χ4v) is 4.42.